The fraction of sp³-hybridized carbons (Fsp3) is 0.909. The molecule has 3 nitrogen and oxygen atoms in total. The molecule has 0 fully saturated rings. The van der Waals surface area contributed by atoms with Gasteiger partial charge in [0.15, 0.2) is 0 Å². The molecule has 1 amide bonds. The van der Waals surface area contributed by atoms with Gasteiger partial charge in [-0.3, -0.25) is 0 Å². The van der Waals surface area contributed by atoms with Gasteiger partial charge in [0, 0.05) is 13.1 Å². The summed E-state index contributed by atoms with van der Waals surface area (Å²) in [5.41, 5.74) is 0. The number of nitrogens with zero attached hydrogens (tertiary/aromatic N) is 1. The standard InChI is InChI=1S/C11H23NO2/c1-5-7-8-12(9-10(3)4)11(13)14-6-2/h10H,5-9H2,1-4H3. The van der Waals surface area contributed by atoms with Crippen LogP contribution < -0.4 is 0 Å². The molecule has 0 aromatic carbocycles. The van der Waals surface area contributed by atoms with E-state index in [-0.39, 0.29) is 6.09 Å². The minimum atomic E-state index is -0.172. The minimum absolute atomic E-state index is 0.172. The van der Waals surface area contributed by atoms with E-state index < -0.39 is 0 Å². The Balaban J connectivity index is 4.01. The minimum Gasteiger partial charge on any atom is -0.450 e. The molecule has 0 unspecified atom stereocenters. The second-order valence-corrected chi connectivity index (χ2v) is 3.89. The van der Waals surface area contributed by atoms with Crippen LogP contribution in [0.2, 0.25) is 0 Å². The smallest absolute Gasteiger partial charge is 0.409 e. The molecule has 0 radical (unpaired) electrons. The molecule has 0 heterocycles. The molecule has 0 bridgehead atoms. The van der Waals surface area contributed by atoms with E-state index in [1.807, 2.05) is 6.92 Å². The lowest BCUT2D eigenvalue weighted by atomic mass is 10.2. The first-order valence-electron chi connectivity index (χ1n) is 5.53. The van der Waals surface area contributed by atoms with Gasteiger partial charge >= 0.3 is 6.09 Å². The summed E-state index contributed by atoms with van der Waals surface area (Å²) in [4.78, 5) is 13.3. The number of carbonyl (C=O) groups excluding carboxylic acids is 1. The molecule has 0 saturated carbocycles. The number of amides is 1. The van der Waals surface area contributed by atoms with Gasteiger partial charge in [0.1, 0.15) is 0 Å². The average molecular weight is 201 g/mol. The molecule has 0 N–H and O–H groups in total. The monoisotopic (exact) mass is 201 g/mol. The fourth-order valence-electron chi connectivity index (χ4n) is 1.26. The highest BCUT2D eigenvalue weighted by molar-refractivity contribution is 5.67. The first-order valence-corrected chi connectivity index (χ1v) is 5.53. The van der Waals surface area contributed by atoms with Crippen LogP contribution in [0.5, 0.6) is 0 Å². The van der Waals surface area contributed by atoms with E-state index in [1.165, 1.54) is 0 Å². The lowest BCUT2D eigenvalue weighted by Gasteiger charge is -2.23. The van der Waals surface area contributed by atoms with E-state index in [9.17, 15) is 4.79 Å². The number of carbonyl (C=O) groups is 1. The van der Waals surface area contributed by atoms with E-state index in [1.54, 1.807) is 4.90 Å². The van der Waals surface area contributed by atoms with Crippen molar-refractivity contribution in [1.82, 2.24) is 4.90 Å². The zero-order valence-electron chi connectivity index (χ0n) is 9.88. The summed E-state index contributed by atoms with van der Waals surface area (Å²) in [5.74, 6) is 0.497. The number of hydrogen-bond donors (Lipinski definition) is 0. The Hall–Kier alpha value is -0.730. The summed E-state index contributed by atoms with van der Waals surface area (Å²) >= 11 is 0. The molecule has 0 rings (SSSR count). The lowest BCUT2D eigenvalue weighted by molar-refractivity contribution is 0.102. The number of hydrogen-bond acceptors (Lipinski definition) is 2. The Morgan fingerprint density at radius 2 is 2.00 bits per heavy atom. The second kappa shape index (κ2) is 7.65. The highest BCUT2D eigenvalue weighted by Gasteiger charge is 2.14. The maximum absolute atomic E-state index is 11.5. The van der Waals surface area contributed by atoms with Crippen LogP contribution in [0, 0.1) is 5.92 Å². The summed E-state index contributed by atoms with van der Waals surface area (Å²) in [7, 11) is 0. The Morgan fingerprint density at radius 3 is 2.43 bits per heavy atom. The van der Waals surface area contributed by atoms with Gasteiger partial charge in [0.05, 0.1) is 6.61 Å². The summed E-state index contributed by atoms with van der Waals surface area (Å²) in [6.45, 7) is 10.2. The van der Waals surface area contributed by atoms with E-state index in [0.717, 1.165) is 25.9 Å². The van der Waals surface area contributed by atoms with Crippen molar-refractivity contribution in [2.24, 2.45) is 5.92 Å². The first-order chi connectivity index (χ1) is 6.61. The summed E-state index contributed by atoms with van der Waals surface area (Å²) in [6.07, 6.45) is 1.98. The van der Waals surface area contributed by atoms with Gasteiger partial charge in [-0.2, -0.15) is 0 Å². The molecule has 0 aromatic heterocycles. The van der Waals surface area contributed by atoms with Crippen LogP contribution in [-0.4, -0.2) is 30.7 Å². The molecule has 84 valence electrons. The zero-order chi connectivity index (χ0) is 11.0. The molecule has 0 atom stereocenters. The van der Waals surface area contributed by atoms with Gasteiger partial charge in [-0.15, -0.1) is 0 Å². The van der Waals surface area contributed by atoms with Crippen LogP contribution in [0.15, 0.2) is 0 Å². The Labute approximate surface area is 87.4 Å². The molecule has 0 aromatic rings. The van der Waals surface area contributed by atoms with E-state index in [2.05, 4.69) is 20.8 Å². The lowest BCUT2D eigenvalue weighted by Crippen LogP contribution is -2.35. The van der Waals surface area contributed by atoms with Crippen LogP contribution in [0.3, 0.4) is 0 Å². The molecular weight excluding hydrogens is 178 g/mol. The zero-order valence-corrected chi connectivity index (χ0v) is 9.88. The van der Waals surface area contributed by atoms with Crippen molar-refractivity contribution < 1.29 is 9.53 Å². The summed E-state index contributed by atoms with van der Waals surface area (Å²) < 4.78 is 4.99. The molecule has 14 heavy (non-hydrogen) atoms. The van der Waals surface area contributed by atoms with Gasteiger partial charge in [-0.05, 0) is 19.3 Å². The van der Waals surface area contributed by atoms with Gasteiger partial charge in [-0.1, -0.05) is 27.2 Å². The average Bonchev–Trinajstić information content (AvgIpc) is 2.12. The normalized spacial score (nSPS) is 10.4. The van der Waals surface area contributed by atoms with Crippen molar-refractivity contribution >= 4 is 6.09 Å². The maximum Gasteiger partial charge on any atom is 0.409 e. The number of unbranched alkanes of at least 4 members (excludes halogenated alkanes) is 1. The fourth-order valence-corrected chi connectivity index (χ4v) is 1.26. The quantitative estimate of drug-likeness (QED) is 0.661. The Bertz CT molecular complexity index is 157. The van der Waals surface area contributed by atoms with Crippen LogP contribution in [0.1, 0.15) is 40.5 Å². The van der Waals surface area contributed by atoms with E-state index in [4.69, 9.17) is 4.74 Å². The molecule has 0 aliphatic rings. The predicted molar refractivity (Wildman–Crippen MR) is 58.3 cm³/mol. The SMILES string of the molecule is CCCCN(CC(C)C)C(=O)OCC. The molecular formula is C11H23NO2. The van der Waals surface area contributed by atoms with Gasteiger partial charge in [-0.25, -0.2) is 4.79 Å². The van der Waals surface area contributed by atoms with E-state index in [0.29, 0.717) is 12.5 Å². The largest absolute Gasteiger partial charge is 0.450 e. The first kappa shape index (κ1) is 13.3. The van der Waals surface area contributed by atoms with Crippen molar-refractivity contribution in [3.8, 4) is 0 Å². The van der Waals surface area contributed by atoms with E-state index >= 15 is 0 Å². The third-order valence-corrected chi connectivity index (χ3v) is 1.89. The van der Waals surface area contributed by atoms with Gasteiger partial charge in [0.2, 0.25) is 0 Å². The van der Waals surface area contributed by atoms with Crippen molar-refractivity contribution in [3.05, 3.63) is 0 Å². The molecule has 0 aliphatic carbocycles. The number of rotatable bonds is 6. The summed E-state index contributed by atoms with van der Waals surface area (Å²) in [6, 6.07) is 0. The topological polar surface area (TPSA) is 29.5 Å². The van der Waals surface area contributed by atoms with Crippen LogP contribution >= 0.6 is 0 Å². The van der Waals surface area contributed by atoms with Crippen molar-refractivity contribution in [2.75, 3.05) is 19.7 Å². The van der Waals surface area contributed by atoms with Crippen molar-refractivity contribution in [1.29, 1.82) is 0 Å². The highest BCUT2D eigenvalue weighted by atomic mass is 16.6. The van der Waals surface area contributed by atoms with Crippen LogP contribution in [0.25, 0.3) is 0 Å². The second-order valence-electron chi connectivity index (χ2n) is 3.89. The number of ether oxygens (including phenoxy) is 1. The Morgan fingerprint density at radius 1 is 1.36 bits per heavy atom. The van der Waals surface area contributed by atoms with Gasteiger partial charge < -0.3 is 9.64 Å². The van der Waals surface area contributed by atoms with Crippen molar-refractivity contribution in [2.45, 2.75) is 40.5 Å². The third-order valence-electron chi connectivity index (χ3n) is 1.89. The molecule has 3 heteroatoms. The maximum atomic E-state index is 11.5. The molecule has 0 aliphatic heterocycles. The van der Waals surface area contributed by atoms with Crippen LogP contribution in [-0.2, 0) is 4.74 Å². The molecule has 0 saturated heterocycles. The van der Waals surface area contributed by atoms with Crippen LogP contribution in [0.4, 0.5) is 4.79 Å². The molecule has 0 spiro atoms. The van der Waals surface area contributed by atoms with Crippen molar-refractivity contribution in [3.63, 3.8) is 0 Å². The van der Waals surface area contributed by atoms with Gasteiger partial charge in [0.25, 0.3) is 0 Å². The Kier molecular flexibility index (Phi) is 7.25. The summed E-state index contributed by atoms with van der Waals surface area (Å²) in [5, 5.41) is 0. The third kappa shape index (κ3) is 5.84. The highest BCUT2D eigenvalue weighted by Crippen LogP contribution is 2.03. The predicted octanol–water partition coefficient (Wildman–Crippen LogP) is 2.90.